The van der Waals surface area contributed by atoms with Gasteiger partial charge in [0.15, 0.2) is 0 Å². The zero-order valence-electron chi connectivity index (χ0n) is 13.4. The van der Waals surface area contributed by atoms with Crippen LogP contribution in [0.4, 0.5) is 0 Å². The molecule has 0 aromatic carbocycles. The van der Waals surface area contributed by atoms with Crippen LogP contribution in [0.3, 0.4) is 0 Å². The molecule has 1 unspecified atom stereocenters. The van der Waals surface area contributed by atoms with E-state index >= 15 is 0 Å². The van der Waals surface area contributed by atoms with Crippen LogP contribution in [0.25, 0.3) is 0 Å². The molecule has 124 valence electrons. The third-order valence-electron chi connectivity index (χ3n) is 3.42. The maximum Gasteiger partial charge on any atom is 0.254 e. The fourth-order valence-electron chi connectivity index (χ4n) is 2.25. The fourth-order valence-corrected chi connectivity index (χ4v) is 2.41. The van der Waals surface area contributed by atoms with Gasteiger partial charge in [0.1, 0.15) is 0 Å². The molecule has 1 heterocycles. The first kappa shape index (κ1) is 18.7. The fraction of sp³-hybridized carbons (Fsp3) is 0.643. The lowest BCUT2D eigenvalue weighted by atomic mass is 9.98. The topological polar surface area (TPSA) is 87.7 Å². The van der Waals surface area contributed by atoms with Crippen LogP contribution in [0.1, 0.15) is 40.5 Å². The molecule has 0 bridgehead atoms. The Hall–Kier alpha value is -1.30. The predicted molar refractivity (Wildman–Crippen MR) is 85.3 cm³/mol. The van der Waals surface area contributed by atoms with Crippen molar-refractivity contribution in [2.24, 2.45) is 0 Å². The number of hydrogen-bond donors (Lipinski definition) is 2. The number of nitrogens with one attached hydrogen (secondary N) is 2. The number of carbonyl (C=O) groups excluding carboxylic acids is 3. The predicted octanol–water partition coefficient (Wildman–Crippen LogP) is 0.676. The lowest BCUT2D eigenvalue weighted by molar-refractivity contribution is -0.144. The summed E-state index contributed by atoms with van der Waals surface area (Å²) in [6.45, 7) is 7.60. The number of imide groups is 1. The molecular formula is C14H24N3O4P. The Bertz CT molecular complexity index is 470. The van der Waals surface area contributed by atoms with Crippen molar-refractivity contribution in [2.75, 3.05) is 6.61 Å². The maximum atomic E-state index is 11.7. The Labute approximate surface area is 133 Å². The highest BCUT2D eigenvalue weighted by atomic mass is 31.0. The number of hydrogen-bond acceptors (Lipinski definition) is 5. The highest BCUT2D eigenvalue weighted by Crippen LogP contribution is 2.24. The monoisotopic (exact) mass is 329 g/mol. The zero-order valence-corrected chi connectivity index (χ0v) is 14.6. The van der Waals surface area contributed by atoms with E-state index in [1.54, 1.807) is 0 Å². The second-order valence-corrected chi connectivity index (χ2v) is 6.67. The molecule has 0 fully saturated rings. The number of amides is 3. The summed E-state index contributed by atoms with van der Waals surface area (Å²) in [5.41, 5.74) is 1.17. The Morgan fingerprint density at radius 2 is 1.77 bits per heavy atom. The number of carbonyl (C=O) groups is 3. The summed E-state index contributed by atoms with van der Waals surface area (Å²) >= 11 is 0. The van der Waals surface area contributed by atoms with Crippen molar-refractivity contribution in [1.29, 1.82) is 0 Å². The molecule has 0 saturated carbocycles. The molecular weight excluding hydrogens is 305 g/mol. The van der Waals surface area contributed by atoms with E-state index in [2.05, 4.69) is 20.0 Å². The average Bonchev–Trinajstić information content (AvgIpc) is 2.68. The van der Waals surface area contributed by atoms with Gasteiger partial charge in [-0.25, -0.2) is 5.20 Å². The summed E-state index contributed by atoms with van der Waals surface area (Å²) < 4.78 is 5.75. The summed E-state index contributed by atoms with van der Waals surface area (Å²) in [6, 6.07) is 0. The largest absolute Gasteiger partial charge is 0.375 e. The number of nitrogens with zero attached hydrogens (tertiary/aromatic N) is 1. The number of ether oxygens (including phenoxy) is 1. The zero-order chi connectivity index (χ0) is 17.0. The molecule has 8 heteroatoms. The van der Waals surface area contributed by atoms with Gasteiger partial charge in [0, 0.05) is 24.3 Å². The van der Waals surface area contributed by atoms with Crippen molar-refractivity contribution in [3.8, 4) is 0 Å². The summed E-state index contributed by atoms with van der Waals surface area (Å²) in [4.78, 5) is 36.2. The van der Waals surface area contributed by atoms with Gasteiger partial charge in [-0.1, -0.05) is 0 Å². The molecule has 0 aromatic heterocycles. The molecule has 1 aliphatic rings. The lowest BCUT2D eigenvalue weighted by Crippen LogP contribution is -2.48. The molecule has 3 amide bonds. The summed E-state index contributed by atoms with van der Waals surface area (Å²) in [5, 5.41) is 2.49. The summed E-state index contributed by atoms with van der Waals surface area (Å²) in [6.07, 6.45) is 3.22. The SMILES string of the molecule is CC(C)(CC(=O)NNP)OCCC(C)(C)N1C(=O)C=CC1=O. The second-order valence-electron chi connectivity index (χ2n) is 6.39. The first-order valence-corrected chi connectivity index (χ1v) is 7.61. The molecule has 7 nitrogen and oxygen atoms in total. The van der Waals surface area contributed by atoms with Gasteiger partial charge in [-0.2, -0.15) is 0 Å². The minimum atomic E-state index is -0.641. The number of hydrazine groups is 1. The van der Waals surface area contributed by atoms with Crippen molar-refractivity contribution in [3.05, 3.63) is 12.2 Å². The maximum absolute atomic E-state index is 11.7. The van der Waals surface area contributed by atoms with Crippen molar-refractivity contribution in [3.63, 3.8) is 0 Å². The van der Waals surface area contributed by atoms with E-state index in [1.165, 1.54) is 17.1 Å². The third kappa shape index (κ3) is 5.16. The van der Waals surface area contributed by atoms with Crippen LogP contribution >= 0.6 is 9.39 Å². The van der Waals surface area contributed by atoms with Gasteiger partial charge >= 0.3 is 0 Å². The first-order valence-electron chi connectivity index (χ1n) is 7.04. The van der Waals surface area contributed by atoms with Crippen molar-refractivity contribution in [1.82, 2.24) is 15.5 Å². The normalized spacial score (nSPS) is 15.6. The van der Waals surface area contributed by atoms with Crippen LogP contribution in [0.5, 0.6) is 0 Å². The van der Waals surface area contributed by atoms with E-state index in [0.29, 0.717) is 13.0 Å². The van der Waals surface area contributed by atoms with E-state index in [1.807, 2.05) is 27.7 Å². The summed E-state index contributed by atoms with van der Waals surface area (Å²) in [5.74, 6) is -0.798. The molecule has 0 radical (unpaired) electrons. The van der Waals surface area contributed by atoms with E-state index in [-0.39, 0.29) is 24.1 Å². The van der Waals surface area contributed by atoms with E-state index in [0.717, 1.165) is 0 Å². The quantitative estimate of drug-likeness (QED) is 0.388. The van der Waals surface area contributed by atoms with Gasteiger partial charge in [0.05, 0.1) is 12.0 Å². The minimum absolute atomic E-state index is 0.187. The minimum Gasteiger partial charge on any atom is -0.375 e. The van der Waals surface area contributed by atoms with Gasteiger partial charge in [-0.15, -0.1) is 0 Å². The van der Waals surface area contributed by atoms with E-state index < -0.39 is 11.1 Å². The highest BCUT2D eigenvalue weighted by Gasteiger charge is 2.37. The Kier molecular flexibility index (Phi) is 6.23. The van der Waals surface area contributed by atoms with Crippen LogP contribution in [0.2, 0.25) is 0 Å². The second kappa shape index (κ2) is 7.31. The molecule has 1 atom stereocenters. The van der Waals surface area contributed by atoms with Crippen LogP contribution in [0.15, 0.2) is 12.2 Å². The molecule has 22 heavy (non-hydrogen) atoms. The first-order chi connectivity index (χ1) is 10.1. The van der Waals surface area contributed by atoms with Crippen molar-refractivity contribution in [2.45, 2.75) is 51.7 Å². The highest BCUT2D eigenvalue weighted by molar-refractivity contribution is 7.13. The van der Waals surface area contributed by atoms with Gasteiger partial charge in [0.25, 0.3) is 11.8 Å². The van der Waals surface area contributed by atoms with Crippen LogP contribution in [-0.4, -0.2) is 40.4 Å². The third-order valence-corrected chi connectivity index (χ3v) is 3.56. The van der Waals surface area contributed by atoms with Gasteiger partial charge in [0.2, 0.25) is 5.91 Å². The molecule has 0 spiro atoms. The van der Waals surface area contributed by atoms with Crippen LogP contribution in [-0.2, 0) is 19.1 Å². The van der Waals surface area contributed by atoms with Gasteiger partial charge < -0.3 is 4.74 Å². The van der Waals surface area contributed by atoms with Crippen molar-refractivity contribution >= 4 is 27.1 Å². The molecule has 0 aromatic rings. The molecule has 2 N–H and O–H groups in total. The number of rotatable bonds is 8. The van der Waals surface area contributed by atoms with Gasteiger partial charge in [-0.05, 0) is 43.5 Å². The van der Waals surface area contributed by atoms with E-state index in [4.69, 9.17) is 4.74 Å². The van der Waals surface area contributed by atoms with Crippen molar-refractivity contribution < 1.29 is 19.1 Å². The molecule has 1 aliphatic heterocycles. The molecule has 1 rings (SSSR count). The molecule has 0 saturated heterocycles. The Morgan fingerprint density at radius 3 is 2.27 bits per heavy atom. The average molecular weight is 329 g/mol. The Morgan fingerprint density at radius 1 is 1.23 bits per heavy atom. The van der Waals surface area contributed by atoms with E-state index in [9.17, 15) is 14.4 Å². The summed E-state index contributed by atoms with van der Waals surface area (Å²) in [7, 11) is 2.18. The smallest absolute Gasteiger partial charge is 0.254 e. The Balaban J connectivity index is 2.50. The van der Waals surface area contributed by atoms with Crippen LogP contribution < -0.4 is 10.6 Å². The lowest BCUT2D eigenvalue weighted by Gasteiger charge is -2.35. The standard InChI is InChI=1S/C14H24N3O4P/c1-13(2,17-11(19)5-6-12(17)20)7-8-21-14(3,4)9-10(18)15-16-22/h5-6,16H,7-9,22H2,1-4H3,(H,15,18). The van der Waals surface area contributed by atoms with Crippen LogP contribution in [0, 0.1) is 0 Å². The molecule has 0 aliphatic carbocycles. The van der Waals surface area contributed by atoms with Gasteiger partial charge in [-0.3, -0.25) is 24.7 Å².